The second-order valence-electron chi connectivity index (χ2n) is 3.54. The van der Waals surface area contributed by atoms with Gasteiger partial charge in [-0.2, -0.15) is 0 Å². The van der Waals surface area contributed by atoms with E-state index < -0.39 is 5.82 Å². The van der Waals surface area contributed by atoms with Crippen LogP contribution >= 0.6 is 11.6 Å². The van der Waals surface area contributed by atoms with Gasteiger partial charge < -0.3 is 10.2 Å². The summed E-state index contributed by atoms with van der Waals surface area (Å²) in [7, 11) is 0. The largest absolute Gasteiger partial charge is 0.468 e. The molecule has 1 unspecified atom stereocenters. The Balaban J connectivity index is 2.18. The Hall–Kier alpha value is -1.32. The van der Waals surface area contributed by atoms with Crippen molar-refractivity contribution in [1.29, 1.82) is 0 Å². The highest BCUT2D eigenvalue weighted by atomic mass is 35.5. The maximum atomic E-state index is 13.2. The molecule has 0 radical (unpaired) electrons. The molecule has 16 heavy (non-hydrogen) atoms. The van der Waals surface area contributed by atoms with Gasteiger partial charge in [0.1, 0.15) is 11.6 Å². The molecule has 0 aliphatic carbocycles. The zero-order valence-corrected chi connectivity index (χ0v) is 9.25. The van der Waals surface area contributed by atoms with Crippen molar-refractivity contribution >= 4 is 11.6 Å². The summed E-state index contributed by atoms with van der Waals surface area (Å²) in [5, 5.41) is 0.129. The number of halogens is 2. The van der Waals surface area contributed by atoms with Crippen LogP contribution in [0.4, 0.5) is 4.39 Å². The van der Waals surface area contributed by atoms with Gasteiger partial charge in [-0.1, -0.05) is 23.7 Å². The van der Waals surface area contributed by atoms with E-state index in [4.69, 9.17) is 21.8 Å². The molecule has 2 aromatic rings. The SMILES string of the molecule is NC(Cc1cccc(F)c1Cl)c1ccco1. The van der Waals surface area contributed by atoms with Crippen LogP contribution in [0.25, 0.3) is 0 Å². The summed E-state index contributed by atoms with van der Waals surface area (Å²) in [6, 6.07) is 7.94. The van der Waals surface area contributed by atoms with Crippen molar-refractivity contribution < 1.29 is 8.81 Å². The first-order valence-corrected chi connectivity index (χ1v) is 5.28. The van der Waals surface area contributed by atoms with Crippen LogP contribution in [0.5, 0.6) is 0 Å². The van der Waals surface area contributed by atoms with E-state index in [-0.39, 0.29) is 11.1 Å². The van der Waals surface area contributed by atoms with Crippen molar-refractivity contribution in [3.05, 3.63) is 58.8 Å². The van der Waals surface area contributed by atoms with E-state index in [0.717, 1.165) is 0 Å². The number of hydrogen-bond acceptors (Lipinski definition) is 2. The van der Waals surface area contributed by atoms with E-state index in [9.17, 15) is 4.39 Å². The lowest BCUT2D eigenvalue weighted by Crippen LogP contribution is -2.12. The van der Waals surface area contributed by atoms with Gasteiger partial charge in [0.25, 0.3) is 0 Å². The van der Waals surface area contributed by atoms with E-state index in [1.165, 1.54) is 6.07 Å². The first-order valence-electron chi connectivity index (χ1n) is 4.90. The fourth-order valence-electron chi connectivity index (χ4n) is 1.55. The van der Waals surface area contributed by atoms with Gasteiger partial charge in [0.15, 0.2) is 0 Å². The smallest absolute Gasteiger partial charge is 0.142 e. The third-order valence-electron chi connectivity index (χ3n) is 2.38. The van der Waals surface area contributed by atoms with Crippen molar-refractivity contribution in [1.82, 2.24) is 0 Å². The third-order valence-corrected chi connectivity index (χ3v) is 2.80. The van der Waals surface area contributed by atoms with E-state index in [2.05, 4.69) is 0 Å². The number of nitrogens with two attached hydrogens (primary N) is 1. The van der Waals surface area contributed by atoms with Crippen LogP contribution in [0.3, 0.4) is 0 Å². The molecule has 84 valence electrons. The maximum absolute atomic E-state index is 13.2. The molecule has 4 heteroatoms. The van der Waals surface area contributed by atoms with Crippen LogP contribution in [-0.4, -0.2) is 0 Å². The van der Waals surface area contributed by atoms with E-state index in [0.29, 0.717) is 17.7 Å². The van der Waals surface area contributed by atoms with E-state index in [1.807, 2.05) is 0 Å². The lowest BCUT2D eigenvalue weighted by atomic mass is 10.0. The van der Waals surface area contributed by atoms with Crippen molar-refractivity contribution in [2.24, 2.45) is 5.73 Å². The minimum atomic E-state index is -0.425. The highest BCUT2D eigenvalue weighted by Gasteiger charge is 2.13. The van der Waals surface area contributed by atoms with Gasteiger partial charge in [-0.05, 0) is 30.2 Å². The minimum Gasteiger partial charge on any atom is -0.468 e. The normalized spacial score (nSPS) is 12.7. The Morgan fingerprint density at radius 1 is 1.31 bits per heavy atom. The standard InChI is InChI=1S/C12H11ClFNO/c13-12-8(3-1-4-9(12)14)7-10(15)11-5-2-6-16-11/h1-6,10H,7,15H2. The van der Waals surface area contributed by atoms with Gasteiger partial charge in [-0.3, -0.25) is 0 Å². The second kappa shape index (κ2) is 4.68. The maximum Gasteiger partial charge on any atom is 0.142 e. The molecule has 0 aliphatic heterocycles. The summed E-state index contributed by atoms with van der Waals surface area (Å²) >= 11 is 5.84. The molecule has 2 rings (SSSR count). The Morgan fingerprint density at radius 3 is 2.81 bits per heavy atom. The Bertz CT molecular complexity index is 470. The fourth-order valence-corrected chi connectivity index (χ4v) is 1.75. The minimum absolute atomic E-state index is 0.129. The molecule has 0 spiro atoms. The number of furan rings is 1. The molecule has 0 saturated carbocycles. The van der Waals surface area contributed by atoms with E-state index >= 15 is 0 Å². The van der Waals surface area contributed by atoms with Crippen LogP contribution in [-0.2, 0) is 6.42 Å². The van der Waals surface area contributed by atoms with Crippen molar-refractivity contribution in [2.75, 3.05) is 0 Å². The average Bonchev–Trinajstić information content (AvgIpc) is 2.78. The average molecular weight is 240 g/mol. The summed E-state index contributed by atoms with van der Waals surface area (Å²) in [5.41, 5.74) is 6.60. The molecule has 0 bridgehead atoms. The monoisotopic (exact) mass is 239 g/mol. The van der Waals surface area contributed by atoms with Crippen molar-refractivity contribution in [3.63, 3.8) is 0 Å². The molecule has 2 N–H and O–H groups in total. The van der Waals surface area contributed by atoms with E-state index in [1.54, 1.807) is 30.5 Å². The Labute approximate surface area is 97.8 Å². The van der Waals surface area contributed by atoms with Gasteiger partial charge in [0, 0.05) is 0 Å². The molecule has 0 amide bonds. The molecule has 1 heterocycles. The fraction of sp³-hybridized carbons (Fsp3) is 0.167. The Morgan fingerprint density at radius 2 is 2.12 bits per heavy atom. The van der Waals surface area contributed by atoms with Gasteiger partial charge in [-0.15, -0.1) is 0 Å². The highest BCUT2D eigenvalue weighted by Crippen LogP contribution is 2.24. The van der Waals surface area contributed by atoms with Crippen molar-refractivity contribution in [3.8, 4) is 0 Å². The quantitative estimate of drug-likeness (QED) is 0.893. The number of hydrogen-bond donors (Lipinski definition) is 1. The molecule has 0 saturated heterocycles. The molecular weight excluding hydrogens is 229 g/mol. The third kappa shape index (κ3) is 2.26. The lowest BCUT2D eigenvalue weighted by Gasteiger charge is -2.10. The molecule has 1 aromatic heterocycles. The highest BCUT2D eigenvalue weighted by molar-refractivity contribution is 6.31. The zero-order chi connectivity index (χ0) is 11.5. The van der Waals surface area contributed by atoms with Crippen LogP contribution in [0.15, 0.2) is 41.0 Å². The summed E-state index contributed by atoms with van der Waals surface area (Å²) in [6.45, 7) is 0. The molecule has 1 atom stereocenters. The van der Waals surface area contributed by atoms with Crippen LogP contribution < -0.4 is 5.73 Å². The molecule has 1 aromatic carbocycles. The summed E-state index contributed by atoms with van der Waals surface area (Å²) in [6.07, 6.45) is 2.01. The van der Waals surface area contributed by atoms with Gasteiger partial charge in [0.05, 0.1) is 17.3 Å². The lowest BCUT2D eigenvalue weighted by molar-refractivity contribution is 0.464. The van der Waals surface area contributed by atoms with Gasteiger partial charge in [-0.25, -0.2) is 4.39 Å². The summed E-state index contributed by atoms with van der Waals surface area (Å²) in [5.74, 6) is 0.242. The molecule has 0 fully saturated rings. The van der Waals surface area contributed by atoms with Gasteiger partial charge in [0.2, 0.25) is 0 Å². The number of rotatable bonds is 3. The summed E-state index contributed by atoms with van der Waals surface area (Å²) in [4.78, 5) is 0. The number of benzene rings is 1. The van der Waals surface area contributed by atoms with Crippen LogP contribution in [0.1, 0.15) is 17.4 Å². The first-order chi connectivity index (χ1) is 7.68. The summed E-state index contributed by atoms with van der Waals surface area (Å²) < 4.78 is 18.4. The molecular formula is C12H11ClFNO. The first kappa shape index (κ1) is 11.2. The zero-order valence-electron chi connectivity index (χ0n) is 8.49. The van der Waals surface area contributed by atoms with Crippen molar-refractivity contribution in [2.45, 2.75) is 12.5 Å². The topological polar surface area (TPSA) is 39.2 Å². The second-order valence-corrected chi connectivity index (χ2v) is 3.92. The Kier molecular flexibility index (Phi) is 3.27. The van der Waals surface area contributed by atoms with Crippen LogP contribution in [0, 0.1) is 5.82 Å². The molecule has 0 aliphatic rings. The molecule has 2 nitrogen and oxygen atoms in total. The predicted octanol–water partition coefficient (Wildman–Crippen LogP) is 3.31. The predicted molar refractivity (Wildman–Crippen MR) is 60.8 cm³/mol. The van der Waals surface area contributed by atoms with Crippen LogP contribution in [0.2, 0.25) is 5.02 Å². The van der Waals surface area contributed by atoms with Gasteiger partial charge >= 0.3 is 0 Å².